The van der Waals surface area contributed by atoms with Gasteiger partial charge in [-0.3, -0.25) is 0 Å². The first-order valence-corrected chi connectivity index (χ1v) is 8.03. The number of amides is 2. The number of carboxylic acid groups (broad SMARTS) is 1. The van der Waals surface area contributed by atoms with E-state index in [9.17, 15) is 14.7 Å². The summed E-state index contributed by atoms with van der Waals surface area (Å²) >= 11 is 0. The van der Waals surface area contributed by atoms with Gasteiger partial charge in [-0.15, -0.1) is 0 Å². The zero-order valence-corrected chi connectivity index (χ0v) is 12.8. The molecule has 1 aliphatic carbocycles. The topological polar surface area (TPSA) is 69.6 Å². The van der Waals surface area contributed by atoms with Crippen LogP contribution in [0.25, 0.3) is 0 Å². The Morgan fingerprint density at radius 1 is 1.43 bits per heavy atom. The van der Waals surface area contributed by atoms with Crippen molar-refractivity contribution in [2.75, 3.05) is 13.1 Å². The molecule has 1 saturated heterocycles. The monoisotopic (exact) mass is 294 g/mol. The molecule has 2 atom stereocenters. The van der Waals surface area contributed by atoms with Crippen LogP contribution in [0.2, 0.25) is 0 Å². The molecule has 1 heterocycles. The number of carbonyl (C=O) groups is 2. The van der Waals surface area contributed by atoms with E-state index in [-0.39, 0.29) is 6.03 Å². The molecule has 0 aromatic heterocycles. The van der Waals surface area contributed by atoms with Gasteiger partial charge in [-0.1, -0.05) is 18.6 Å². The molecule has 2 N–H and O–H groups in total. The Bertz CT molecular complexity index is 420. The summed E-state index contributed by atoms with van der Waals surface area (Å²) < 4.78 is 0. The molecule has 0 saturated carbocycles. The summed E-state index contributed by atoms with van der Waals surface area (Å²) in [5.74, 6) is -0.533. The van der Waals surface area contributed by atoms with Crippen LogP contribution in [0.5, 0.6) is 0 Å². The van der Waals surface area contributed by atoms with Gasteiger partial charge in [0.25, 0.3) is 0 Å². The number of aliphatic carboxylic acids is 1. The molecule has 0 bridgehead atoms. The van der Waals surface area contributed by atoms with Crippen LogP contribution in [0.15, 0.2) is 11.6 Å². The molecule has 1 fully saturated rings. The van der Waals surface area contributed by atoms with Crippen LogP contribution in [0, 0.1) is 5.92 Å². The molecular weight excluding hydrogens is 268 g/mol. The third-order valence-electron chi connectivity index (χ3n) is 4.52. The lowest BCUT2D eigenvalue weighted by Gasteiger charge is -2.35. The molecule has 1 aliphatic heterocycles. The van der Waals surface area contributed by atoms with Gasteiger partial charge in [0.15, 0.2) is 0 Å². The highest BCUT2D eigenvalue weighted by Gasteiger charge is 2.34. The quantitative estimate of drug-likeness (QED) is 0.783. The first kappa shape index (κ1) is 15.9. The van der Waals surface area contributed by atoms with Gasteiger partial charge in [0.2, 0.25) is 0 Å². The van der Waals surface area contributed by atoms with Gasteiger partial charge >= 0.3 is 12.0 Å². The molecule has 2 amide bonds. The maximum atomic E-state index is 12.2. The molecule has 5 nitrogen and oxygen atoms in total. The lowest BCUT2D eigenvalue weighted by molar-refractivity contribution is -0.143. The van der Waals surface area contributed by atoms with Crippen LogP contribution in [0.4, 0.5) is 4.79 Å². The summed E-state index contributed by atoms with van der Waals surface area (Å²) in [6.07, 6.45) is 9.37. The van der Waals surface area contributed by atoms with E-state index < -0.39 is 12.0 Å². The van der Waals surface area contributed by atoms with E-state index in [0.29, 0.717) is 25.4 Å². The van der Waals surface area contributed by atoms with Crippen LogP contribution >= 0.6 is 0 Å². The summed E-state index contributed by atoms with van der Waals surface area (Å²) in [5.41, 5.74) is 1.42. The molecule has 2 rings (SSSR count). The number of nitrogens with one attached hydrogen (secondary N) is 1. The van der Waals surface area contributed by atoms with Gasteiger partial charge in [0, 0.05) is 13.1 Å². The van der Waals surface area contributed by atoms with E-state index in [4.69, 9.17) is 0 Å². The van der Waals surface area contributed by atoms with E-state index >= 15 is 0 Å². The maximum Gasteiger partial charge on any atom is 0.326 e. The van der Waals surface area contributed by atoms with Gasteiger partial charge in [-0.05, 0) is 50.9 Å². The molecule has 0 aromatic carbocycles. The van der Waals surface area contributed by atoms with Gasteiger partial charge in [-0.2, -0.15) is 0 Å². The summed E-state index contributed by atoms with van der Waals surface area (Å²) in [6.45, 7) is 3.18. The summed E-state index contributed by atoms with van der Waals surface area (Å²) in [4.78, 5) is 25.0. The van der Waals surface area contributed by atoms with Crippen molar-refractivity contribution in [2.24, 2.45) is 5.92 Å². The Balaban J connectivity index is 1.81. The van der Waals surface area contributed by atoms with Gasteiger partial charge in [-0.25, -0.2) is 9.59 Å². The van der Waals surface area contributed by atoms with Crippen molar-refractivity contribution in [2.45, 2.75) is 57.9 Å². The minimum Gasteiger partial charge on any atom is -0.480 e. The summed E-state index contributed by atoms with van der Waals surface area (Å²) in [6, 6.07) is -0.909. The largest absolute Gasteiger partial charge is 0.480 e. The lowest BCUT2D eigenvalue weighted by atomic mass is 9.93. The molecule has 2 unspecified atom stereocenters. The number of allylic oxidation sites excluding steroid dienone is 1. The zero-order chi connectivity index (χ0) is 15.2. The van der Waals surface area contributed by atoms with Crippen molar-refractivity contribution in [3.05, 3.63) is 11.6 Å². The fraction of sp³-hybridized carbons (Fsp3) is 0.750. The number of likely N-dealkylation sites (tertiary alicyclic amines) is 1. The number of hydrogen-bond acceptors (Lipinski definition) is 2. The minimum absolute atomic E-state index is 0.231. The zero-order valence-electron chi connectivity index (χ0n) is 12.8. The highest BCUT2D eigenvalue weighted by atomic mass is 16.4. The molecule has 5 heteroatoms. The molecule has 21 heavy (non-hydrogen) atoms. The van der Waals surface area contributed by atoms with Crippen molar-refractivity contribution < 1.29 is 14.7 Å². The Hall–Kier alpha value is -1.52. The summed E-state index contributed by atoms with van der Waals surface area (Å²) in [7, 11) is 0. The second-order valence-electron chi connectivity index (χ2n) is 6.27. The maximum absolute atomic E-state index is 12.2. The summed E-state index contributed by atoms with van der Waals surface area (Å²) in [5, 5.41) is 12.2. The Morgan fingerprint density at radius 3 is 2.90 bits per heavy atom. The smallest absolute Gasteiger partial charge is 0.326 e. The molecule has 0 aromatic rings. The highest BCUT2D eigenvalue weighted by Crippen LogP contribution is 2.23. The number of rotatable bonds is 4. The predicted molar refractivity (Wildman–Crippen MR) is 81.1 cm³/mol. The SMILES string of the molecule is CC1CCN(C(=O)NCCC2=CCCCC2)C(C(=O)O)C1. The number of carbonyl (C=O) groups excluding carboxylic acids is 1. The van der Waals surface area contributed by atoms with E-state index in [1.807, 2.05) is 6.92 Å². The van der Waals surface area contributed by atoms with E-state index in [1.165, 1.54) is 23.3 Å². The van der Waals surface area contributed by atoms with Crippen molar-refractivity contribution in [1.29, 1.82) is 0 Å². The van der Waals surface area contributed by atoms with E-state index in [2.05, 4.69) is 11.4 Å². The highest BCUT2D eigenvalue weighted by molar-refractivity contribution is 5.82. The Morgan fingerprint density at radius 2 is 2.24 bits per heavy atom. The van der Waals surface area contributed by atoms with Crippen LogP contribution in [-0.4, -0.2) is 41.1 Å². The third-order valence-corrected chi connectivity index (χ3v) is 4.52. The Labute approximate surface area is 126 Å². The van der Waals surface area contributed by atoms with E-state index in [0.717, 1.165) is 25.7 Å². The average Bonchev–Trinajstić information content (AvgIpc) is 2.48. The lowest BCUT2D eigenvalue weighted by Crippen LogP contribution is -2.53. The third kappa shape index (κ3) is 4.48. The molecule has 0 spiro atoms. The average molecular weight is 294 g/mol. The van der Waals surface area contributed by atoms with Crippen molar-refractivity contribution in [3.8, 4) is 0 Å². The molecular formula is C16H26N2O3. The van der Waals surface area contributed by atoms with Crippen LogP contribution in [0.3, 0.4) is 0 Å². The van der Waals surface area contributed by atoms with Gasteiger partial charge in [0.1, 0.15) is 6.04 Å². The van der Waals surface area contributed by atoms with Crippen molar-refractivity contribution in [3.63, 3.8) is 0 Å². The second kappa shape index (κ2) is 7.48. The van der Waals surface area contributed by atoms with Crippen molar-refractivity contribution >= 4 is 12.0 Å². The predicted octanol–water partition coefficient (Wildman–Crippen LogP) is 2.77. The molecule has 2 aliphatic rings. The standard InChI is InChI=1S/C16H26N2O3/c1-12-8-10-18(14(11-12)15(19)20)16(21)17-9-7-13-5-3-2-4-6-13/h5,12,14H,2-4,6-11H2,1H3,(H,17,21)(H,19,20). The number of carboxylic acids is 1. The number of nitrogens with zero attached hydrogens (tertiary/aromatic N) is 1. The van der Waals surface area contributed by atoms with Gasteiger partial charge < -0.3 is 15.3 Å². The number of urea groups is 1. The molecule has 0 radical (unpaired) electrons. The van der Waals surface area contributed by atoms with Crippen LogP contribution in [0.1, 0.15) is 51.9 Å². The number of hydrogen-bond donors (Lipinski definition) is 2. The van der Waals surface area contributed by atoms with E-state index in [1.54, 1.807) is 0 Å². The van der Waals surface area contributed by atoms with Crippen LogP contribution in [-0.2, 0) is 4.79 Å². The van der Waals surface area contributed by atoms with Crippen molar-refractivity contribution in [1.82, 2.24) is 10.2 Å². The van der Waals surface area contributed by atoms with Crippen LogP contribution < -0.4 is 5.32 Å². The van der Waals surface area contributed by atoms with Gasteiger partial charge in [0.05, 0.1) is 0 Å². The fourth-order valence-corrected chi connectivity index (χ4v) is 3.18. The normalized spacial score (nSPS) is 26.1. The first-order chi connectivity index (χ1) is 10.1. The first-order valence-electron chi connectivity index (χ1n) is 8.03. The minimum atomic E-state index is -0.897. The molecule has 118 valence electrons. The second-order valence-corrected chi connectivity index (χ2v) is 6.27. The Kier molecular flexibility index (Phi) is 5.65. The number of piperidine rings is 1. The fourth-order valence-electron chi connectivity index (χ4n) is 3.18.